The van der Waals surface area contributed by atoms with Gasteiger partial charge in [-0.15, -0.1) is 0 Å². The Morgan fingerprint density at radius 2 is 2.00 bits per heavy atom. The van der Waals surface area contributed by atoms with E-state index in [-0.39, 0.29) is 0 Å². The fourth-order valence-electron chi connectivity index (χ4n) is 1.90. The van der Waals surface area contributed by atoms with Crippen LogP contribution in [0.1, 0.15) is 18.1 Å². The highest BCUT2D eigenvalue weighted by molar-refractivity contribution is 7.80. The normalized spacial score (nSPS) is 10.1. The van der Waals surface area contributed by atoms with Crippen molar-refractivity contribution in [2.45, 2.75) is 13.8 Å². The highest BCUT2D eigenvalue weighted by atomic mass is 32.1. The van der Waals surface area contributed by atoms with Gasteiger partial charge in [-0.25, -0.2) is 4.98 Å². The summed E-state index contributed by atoms with van der Waals surface area (Å²) in [5.41, 5.74) is 8.45. The summed E-state index contributed by atoms with van der Waals surface area (Å²) in [7, 11) is 0. The van der Waals surface area contributed by atoms with E-state index in [0.29, 0.717) is 17.4 Å². The predicted octanol–water partition coefficient (Wildman–Crippen LogP) is 3.17. The fourth-order valence-corrected chi connectivity index (χ4v) is 2.16. The number of pyridine rings is 1. The molecule has 5 heteroatoms. The Kier molecular flexibility index (Phi) is 4.53. The summed E-state index contributed by atoms with van der Waals surface area (Å²) in [6, 6.07) is 9.55. The largest absolute Gasteiger partial charge is 0.494 e. The highest BCUT2D eigenvalue weighted by Crippen LogP contribution is 2.23. The van der Waals surface area contributed by atoms with Crippen LogP contribution >= 0.6 is 12.2 Å². The van der Waals surface area contributed by atoms with E-state index < -0.39 is 0 Å². The van der Waals surface area contributed by atoms with Crippen LogP contribution in [0, 0.1) is 6.92 Å². The summed E-state index contributed by atoms with van der Waals surface area (Å²) in [6.45, 7) is 4.56. The van der Waals surface area contributed by atoms with Crippen LogP contribution in [-0.4, -0.2) is 16.6 Å². The summed E-state index contributed by atoms with van der Waals surface area (Å²) in [6.07, 6.45) is 1.73. The zero-order valence-electron chi connectivity index (χ0n) is 11.5. The van der Waals surface area contributed by atoms with Crippen LogP contribution in [0.4, 0.5) is 11.5 Å². The van der Waals surface area contributed by atoms with Gasteiger partial charge < -0.3 is 15.8 Å². The van der Waals surface area contributed by atoms with Gasteiger partial charge in [-0.05, 0) is 49.7 Å². The zero-order valence-corrected chi connectivity index (χ0v) is 12.3. The minimum atomic E-state index is 0.337. The first-order valence-corrected chi connectivity index (χ1v) is 6.78. The second-order valence-electron chi connectivity index (χ2n) is 4.30. The van der Waals surface area contributed by atoms with E-state index in [4.69, 9.17) is 22.7 Å². The van der Waals surface area contributed by atoms with Gasteiger partial charge in [-0.1, -0.05) is 12.2 Å². The SMILES string of the molecule is CCOc1ccc(Nc2nccc(C)c2C(N)=S)cc1. The average Bonchev–Trinajstić information content (AvgIpc) is 2.41. The quantitative estimate of drug-likeness (QED) is 0.827. The smallest absolute Gasteiger partial charge is 0.140 e. The van der Waals surface area contributed by atoms with Crippen LogP contribution in [0.5, 0.6) is 5.75 Å². The molecule has 0 amide bonds. The highest BCUT2D eigenvalue weighted by Gasteiger charge is 2.10. The van der Waals surface area contributed by atoms with Crippen LogP contribution in [-0.2, 0) is 0 Å². The van der Waals surface area contributed by atoms with Crippen LogP contribution in [0.15, 0.2) is 36.5 Å². The van der Waals surface area contributed by atoms with Gasteiger partial charge in [0.05, 0.1) is 12.2 Å². The predicted molar refractivity (Wildman–Crippen MR) is 85.8 cm³/mol. The number of aryl methyl sites for hydroxylation is 1. The maximum Gasteiger partial charge on any atom is 0.140 e. The van der Waals surface area contributed by atoms with E-state index in [1.165, 1.54) is 0 Å². The van der Waals surface area contributed by atoms with Crippen LogP contribution in [0.25, 0.3) is 0 Å². The van der Waals surface area contributed by atoms with E-state index in [1.54, 1.807) is 6.20 Å². The lowest BCUT2D eigenvalue weighted by molar-refractivity contribution is 0.340. The molecule has 0 atom stereocenters. The molecule has 0 unspecified atom stereocenters. The monoisotopic (exact) mass is 287 g/mol. The van der Waals surface area contributed by atoms with E-state index in [2.05, 4.69) is 10.3 Å². The molecule has 1 aromatic carbocycles. The Hall–Kier alpha value is -2.14. The summed E-state index contributed by atoms with van der Waals surface area (Å²) in [5, 5.41) is 3.23. The Morgan fingerprint density at radius 1 is 1.30 bits per heavy atom. The van der Waals surface area contributed by atoms with E-state index in [9.17, 15) is 0 Å². The standard InChI is InChI=1S/C15H17N3OS/c1-3-19-12-6-4-11(5-7-12)18-15-13(14(16)20)10(2)8-9-17-15/h4-9H,3H2,1-2H3,(H2,16,20)(H,17,18). The van der Waals surface area contributed by atoms with Crippen molar-refractivity contribution in [2.75, 3.05) is 11.9 Å². The molecule has 0 radical (unpaired) electrons. The molecule has 20 heavy (non-hydrogen) atoms. The number of hydrogen-bond donors (Lipinski definition) is 2. The number of benzene rings is 1. The summed E-state index contributed by atoms with van der Waals surface area (Å²) >= 11 is 5.09. The fraction of sp³-hybridized carbons (Fsp3) is 0.200. The van der Waals surface area contributed by atoms with Crippen molar-refractivity contribution < 1.29 is 4.74 Å². The first-order chi connectivity index (χ1) is 9.61. The van der Waals surface area contributed by atoms with Crippen molar-refractivity contribution in [3.8, 4) is 5.75 Å². The number of nitrogens with zero attached hydrogens (tertiary/aromatic N) is 1. The number of thiocarbonyl (C=S) groups is 1. The number of anilines is 2. The van der Waals surface area contributed by atoms with E-state index in [1.807, 2.05) is 44.2 Å². The molecule has 1 heterocycles. The third-order valence-corrected chi connectivity index (χ3v) is 3.04. The molecule has 2 aromatic rings. The second-order valence-corrected chi connectivity index (χ2v) is 4.74. The molecule has 104 valence electrons. The summed E-state index contributed by atoms with van der Waals surface area (Å²) < 4.78 is 5.41. The maximum atomic E-state index is 5.76. The number of nitrogens with one attached hydrogen (secondary N) is 1. The molecule has 0 spiro atoms. The molecule has 0 aliphatic rings. The Labute approximate surface area is 124 Å². The lowest BCUT2D eigenvalue weighted by Gasteiger charge is -2.12. The van der Waals surface area contributed by atoms with Crippen molar-refractivity contribution in [1.29, 1.82) is 0 Å². The summed E-state index contributed by atoms with van der Waals surface area (Å²) in [4.78, 5) is 4.64. The molecule has 0 bridgehead atoms. The third-order valence-electron chi connectivity index (χ3n) is 2.83. The molecule has 0 fully saturated rings. The Morgan fingerprint density at radius 3 is 2.60 bits per heavy atom. The van der Waals surface area contributed by atoms with Gasteiger partial charge in [0.2, 0.25) is 0 Å². The molecule has 2 rings (SSSR count). The lowest BCUT2D eigenvalue weighted by atomic mass is 10.1. The number of rotatable bonds is 5. The first-order valence-electron chi connectivity index (χ1n) is 6.37. The Bertz CT molecular complexity index is 611. The molecular formula is C15H17N3OS. The first kappa shape index (κ1) is 14.3. The molecule has 4 nitrogen and oxygen atoms in total. The van der Waals surface area contributed by atoms with Crippen molar-refractivity contribution in [3.05, 3.63) is 47.7 Å². The molecule has 0 saturated carbocycles. The number of hydrogen-bond acceptors (Lipinski definition) is 4. The minimum Gasteiger partial charge on any atom is -0.494 e. The van der Waals surface area contributed by atoms with Crippen LogP contribution in [0.3, 0.4) is 0 Å². The zero-order chi connectivity index (χ0) is 14.5. The lowest BCUT2D eigenvalue weighted by Crippen LogP contribution is -2.14. The average molecular weight is 287 g/mol. The molecule has 0 saturated heterocycles. The van der Waals surface area contributed by atoms with Gasteiger partial charge in [-0.3, -0.25) is 0 Å². The number of nitrogens with two attached hydrogens (primary N) is 1. The molecule has 1 aromatic heterocycles. The van der Waals surface area contributed by atoms with Gasteiger partial charge >= 0.3 is 0 Å². The van der Waals surface area contributed by atoms with Gasteiger partial charge in [0.1, 0.15) is 16.6 Å². The third kappa shape index (κ3) is 3.24. The van der Waals surface area contributed by atoms with Crippen LogP contribution < -0.4 is 15.8 Å². The Balaban J connectivity index is 2.26. The molecule has 3 N–H and O–H groups in total. The molecule has 0 aliphatic heterocycles. The van der Waals surface area contributed by atoms with Crippen molar-refractivity contribution in [2.24, 2.45) is 5.73 Å². The number of aromatic nitrogens is 1. The summed E-state index contributed by atoms with van der Waals surface area (Å²) in [5.74, 6) is 1.51. The second kappa shape index (κ2) is 6.34. The van der Waals surface area contributed by atoms with E-state index >= 15 is 0 Å². The van der Waals surface area contributed by atoms with Crippen molar-refractivity contribution in [1.82, 2.24) is 4.98 Å². The number of ether oxygens (including phenoxy) is 1. The minimum absolute atomic E-state index is 0.337. The molecule has 0 aliphatic carbocycles. The van der Waals surface area contributed by atoms with Gasteiger partial charge in [-0.2, -0.15) is 0 Å². The van der Waals surface area contributed by atoms with E-state index in [0.717, 1.165) is 22.6 Å². The van der Waals surface area contributed by atoms with Gasteiger partial charge in [0.25, 0.3) is 0 Å². The van der Waals surface area contributed by atoms with Gasteiger partial charge in [0.15, 0.2) is 0 Å². The van der Waals surface area contributed by atoms with Crippen LogP contribution in [0.2, 0.25) is 0 Å². The van der Waals surface area contributed by atoms with Gasteiger partial charge in [0, 0.05) is 11.9 Å². The van der Waals surface area contributed by atoms with Crippen molar-refractivity contribution >= 4 is 28.7 Å². The topological polar surface area (TPSA) is 60.2 Å². The molecular weight excluding hydrogens is 270 g/mol. The van der Waals surface area contributed by atoms with Crippen molar-refractivity contribution in [3.63, 3.8) is 0 Å². The maximum absolute atomic E-state index is 5.76.